The molecule has 20 heavy (non-hydrogen) atoms. The van der Waals surface area contributed by atoms with Crippen LogP contribution in [0.4, 0.5) is 0 Å². The number of nitrogens with zero attached hydrogens (tertiary/aromatic N) is 2. The fourth-order valence-electron chi connectivity index (χ4n) is 2.54. The van der Waals surface area contributed by atoms with E-state index in [-0.39, 0.29) is 0 Å². The molecule has 2 rings (SSSR count). The van der Waals surface area contributed by atoms with Crippen molar-refractivity contribution in [3.63, 3.8) is 0 Å². The smallest absolute Gasteiger partial charge is 0.106 e. The number of pyridine rings is 1. The lowest BCUT2D eigenvalue weighted by Crippen LogP contribution is -1.96. The van der Waals surface area contributed by atoms with Gasteiger partial charge in [-0.1, -0.05) is 57.0 Å². The molecule has 0 spiro atoms. The van der Waals surface area contributed by atoms with Gasteiger partial charge in [-0.05, 0) is 28.4 Å². The molecule has 0 saturated heterocycles. The Balaban J connectivity index is 1.84. The largest absolute Gasteiger partial charge is 0.345 e. The van der Waals surface area contributed by atoms with Gasteiger partial charge in [0.25, 0.3) is 0 Å². The van der Waals surface area contributed by atoms with Crippen LogP contribution in [0.25, 0.3) is 10.9 Å². The lowest BCUT2D eigenvalue weighted by atomic mass is 10.1. The molecule has 0 amide bonds. The van der Waals surface area contributed by atoms with Gasteiger partial charge < -0.3 is 4.57 Å². The first-order valence-corrected chi connectivity index (χ1v) is 8.69. The van der Waals surface area contributed by atoms with Gasteiger partial charge in [0, 0.05) is 18.1 Å². The van der Waals surface area contributed by atoms with Crippen molar-refractivity contribution in [2.45, 2.75) is 58.4 Å². The molecule has 0 fully saturated rings. The number of unbranched alkanes of at least 4 members (excludes halogenated alkanes) is 6. The van der Waals surface area contributed by atoms with Crippen molar-refractivity contribution in [1.82, 2.24) is 9.55 Å². The number of hydrogen-bond donors (Lipinski definition) is 0. The van der Waals surface area contributed by atoms with Crippen LogP contribution in [0.3, 0.4) is 0 Å². The third-order valence-corrected chi connectivity index (χ3v) is 4.42. The van der Waals surface area contributed by atoms with E-state index in [0.29, 0.717) is 0 Å². The number of fused-ring (bicyclic) bond motifs is 1. The summed E-state index contributed by atoms with van der Waals surface area (Å²) in [6, 6.07) is 1.99. The molecule has 0 saturated carbocycles. The molecule has 0 aliphatic carbocycles. The van der Waals surface area contributed by atoms with E-state index in [1.165, 1.54) is 44.9 Å². The molecule has 0 N–H and O–H groups in total. The highest BCUT2D eigenvalue weighted by Crippen LogP contribution is 2.27. The zero-order valence-corrected chi connectivity index (χ0v) is 14.4. The quantitative estimate of drug-likeness (QED) is 0.406. The molecule has 0 aliphatic heterocycles. The Labute approximate surface area is 134 Å². The molecule has 2 aromatic heterocycles. The summed E-state index contributed by atoms with van der Waals surface area (Å²) < 4.78 is 3.06. The van der Waals surface area contributed by atoms with Crippen molar-refractivity contribution < 1.29 is 0 Å². The van der Waals surface area contributed by atoms with Crippen LogP contribution in [0.15, 0.2) is 23.1 Å². The van der Waals surface area contributed by atoms with Crippen molar-refractivity contribution >= 4 is 38.4 Å². The number of aromatic nitrogens is 2. The van der Waals surface area contributed by atoms with Crippen LogP contribution < -0.4 is 0 Å². The number of rotatable bonds is 8. The SMILES string of the molecule is CCCCCCCCCn1cc(Cl)c2cc(Br)ncc21. The van der Waals surface area contributed by atoms with E-state index >= 15 is 0 Å². The molecule has 2 aromatic rings. The molecule has 0 bridgehead atoms. The van der Waals surface area contributed by atoms with E-state index in [9.17, 15) is 0 Å². The third-order valence-electron chi connectivity index (χ3n) is 3.69. The highest BCUT2D eigenvalue weighted by atomic mass is 79.9. The fraction of sp³-hybridized carbons (Fsp3) is 0.562. The monoisotopic (exact) mass is 356 g/mol. The maximum Gasteiger partial charge on any atom is 0.106 e. The van der Waals surface area contributed by atoms with Gasteiger partial charge in [-0.15, -0.1) is 0 Å². The van der Waals surface area contributed by atoms with Gasteiger partial charge in [0.1, 0.15) is 4.60 Å². The average molecular weight is 358 g/mol. The van der Waals surface area contributed by atoms with Crippen LogP contribution in [0.2, 0.25) is 5.02 Å². The summed E-state index contributed by atoms with van der Waals surface area (Å²) in [5, 5.41) is 1.89. The molecule has 2 nitrogen and oxygen atoms in total. The first-order valence-electron chi connectivity index (χ1n) is 7.52. The summed E-state index contributed by atoms with van der Waals surface area (Å²) in [6.45, 7) is 3.29. The van der Waals surface area contributed by atoms with Gasteiger partial charge in [-0.2, -0.15) is 0 Å². The zero-order chi connectivity index (χ0) is 14.4. The predicted molar refractivity (Wildman–Crippen MR) is 90.4 cm³/mol. The van der Waals surface area contributed by atoms with Crippen LogP contribution in [-0.2, 0) is 6.54 Å². The highest BCUT2D eigenvalue weighted by molar-refractivity contribution is 9.10. The molecule has 0 aliphatic rings. The van der Waals surface area contributed by atoms with E-state index < -0.39 is 0 Å². The van der Waals surface area contributed by atoms with Crippen LogP contribution in [0, 0.1) is 0 Å². The van der Waals surface area contributed by atoms with Crippen molar-refractivity contribution in [3.8, 4) is 0 Å². The topological polar surface area (TPSA) is 17.8 Å². The fourth-order valence-corrected chi connectivity index (χ4v) is 3.14. The molecule has 0 atom stereocenters. The summed E-state index contributed by atoms with van der Waals surface area (Å²) in [4.78, 5) is 4.30. The first kappa shape index (κ1) is 15.8. The second-order valence-corrected chi connectivity index (χ2v) is 6.54. The maximum absolute atomic E-state index is 6.28. The van der Waals surface area contributed by atoms with Crippen molar-refractivity contribution in [1.29, 1.82) is 0 Å². The minimum atomic E-state index is 0.811. The summed E-state index contributed by atoms with van der Waals surface area (Å²) >= 11 is 9.67. The van der Waals surface area contributed by atoms with Gasteiger partial charge >= 0.3 is 0 Å². The van der Waals surface area contributed by atoms with Crippen LogP contribution in [0.5, 0.6) is 0 Å². The second-order valence-electron chi connectivity index (χ2n) is 5.32. The van der Waals surface area contributed by atoms with E-state index in [2.05, 4.69) is 32.4 Å². The Morgan fingerprint density at radius 3 is 2.60 bits per heavy atom. The number of aryl methyl sites for hydroxylation is 1. The number of hydrogen-bond acceptors (Lipinski definition) is 1. The van der Waals surface area contributed by atoms with E-state index in [0.717, 1.165) is 27.1 Å². The molecule has 0 radical (unpaired) electrons. The van der Waals surface area contributed by atoms with E-state index in [1.807, 2.05) is 18.5 Å². The molecular weight excluding hydrogens is 336 g/mol. The van der Waals surface area contributed by atoms with Gasteiger partial charge in [0.15, 0.2) is 0 Å². The third kappa shape index (κ3) is 4.23. The van der Waals surface area contributed by atoms with Crippen LogP contribution in [-0.4, -0.2) is 9.55 Å². The maximum atomic E-state index is 6.28. The lowest BCUT2D eigenvalue weighted by Gasteiger charge is -2.05. The minimum absolute atomic E-state index is 0.811. The molecular formula is C16H22BrClN2. The predicted octanol–water partition coefficient (Wildman–Crippen LogP) is 6.20. The van der Waals surface area contributed by atoms with Gasteiger partial charge in [0.05, 0.1) is 16.7 Å². The molecule has 4 heteroatoms. The van der Waals surface area contributed by atoms with Crippen LogP contribution >= 0.6 is 27.5 Å². The molecule has 110 valence electrons. The summed E-state index contributed by atoms with van der Waals surface area (Å²) in [5.74, 6) is 0. The summed E-state index contributed by atoms with van der Waals surface area (Å²) in [5.41, 5.74) is 1.13. The van der Waals surface area contributed by atoms with E-state index in [4.69, 9.17) is 11.6 Å². The Kier molecular flexibility index (Phi) is 6.37. The first-order chi connectivity index (χ1) is 9.72. The van der Waals surface area contributed by atoms with Gasteiger partial charge in [-0.3, -0.25) is 0 Å². The standard InChI is InChI=1S/C16H22BrClN2/c1-2-3-4-5-6-7-8-9-20-12-14(18)13-10-16(17)19-11-15(13)20/h10-12H,2-9H2,1H3. The second kappa shape index (κ2) is 8.04. The lowest BCUT2D eigenvalue weighted by molar-refractivity contribution is 0.556. The van der Waals surface area contributed by atoms with Crippen LogP contribution in [0.1, 0.15) is 51.9 Å². The van der Waals surface area contributed by atoms with E-state index in [1.54, 1.807) is 0 Å². The Bertz CT molecular complexity index is 551. The molecule has 0 aromatic carbocycles. The number of halogens is 2. The highest BCUT2D eigenvalue weighted by Gasteiger charge is 2.07. The van der Waals surface area contributed by atoms with Gasteiger partial charge in [-0.25, -0.2) is 4.98 Å². The Morgan fingerprint density at radius 1 is 1.15 bits per heavy atom. The Hall–Kier alpha value is -0.540. The molecule has 0 unspecified atom stereocenters. The van der Waals surface area contributed by atoms with Crippen molar-refractivity contribution in [2.24, 2.45) is 0 Å². The normalized spacial score (nSPS) is 11.3. The molecule has 2 heterocycles. The summed E-state index contributed by atoms with van der Waals surface area (Å²) in [7, 11) is 0. The summed E-state index contributed by atoms with van der Waals surface area (Å²) in [6.07, 6.45) is 13.2. The Morgan fingerprint density at radius 2 is 1.85 bits per heavy atom. The average Bonchev–Trinajstić information content (AvgIpc) is 2.74. The van der Waals surface area contributed by atoms with Gasteiger partial charge in [0.2, 0.25) is 0 Å². The van der Waals surface area contributed by atoms with Crippen molar-refractivity contribution in [2.75, 3.05) is 0 Å². The van der Waals surface area contributed by atoms with Crippen molar-refractivity contribution in [3.05, 3.63) is 28.1 Å². The minimum Gasteiger partial charge on any atom is -0.345 e. The zero-order valence-electron chi connectivity index (χ0n) is 12.0.